The Morgan fingerprint density at radius 1 is 1.50 bits per heavy atom. The summed E-state index contributed by atoms with van der Waals surface area (Å²) < 4.78 is 32.5. The van der Waals surface area contributed by atoms with Crippen LogP contribution >= 0.6 is 27.3 Å². The first-order valence-electron chi connectivity index (χ1n) is 5.86. The minimum atomic E-state index is -3.71. The number of thiazole rings is 1. The molecule has 0 aliphatic rings. The van der Waals surface area contributed by atoms with Crippen molar-refractivity contribution in [1.82, 2.24) is 10.3 Å². The van der Waals surface area contributed by atoms with Gasteiger partial charge in [0.05, 0.1) is 6.54 Å². The lowest BCUT2D eigenvalue weighted by molar-refractivity contribution is 0.464. The molecule has 2 rings (SSSR count). The van der Waals surface area contributed by atoms with E-state index in [9.17, 15) is 8.42 Å². The summed E-state index contributed by atoms with van der Waals surface area (Å²) in [6.45, 7) is 5.07. The minimum absolute atomic E-state index is 0.0678. The Morgan fingerprint density at radius 3 is 2.85 bits per heavy atom. The summed E-state index contributed by atoms with van der Waals surface area (Å²) in [5.41, 5.74) is 0. The molecule has 2 aromatic rings. The summed E-state index contributed by atoms with van der Waals surface area (Å²) >= 11 is 4.41. The molecule has 0 aliphatic heterocycles. The molecule has 20 heavy (non-hydrogen) atoms. The van der Waals surface area contributed by atoms with E-state index in [1.807, 2.05) is 13.8 Å². The van der Waals surface area contributed by atoms with E-state index in [1.165, 1.54) is 17.4 Å². The van der Waals surface area contributed by atoms with E-state index in [1.54, 1.807) is 6.20 Å². The number of nitrogens with zero attached hydrogens (tertiary/aromatic N) is 1. The average Bonchev–Trinajstić information content (AvgIpc) is 2.93. The lowest BCUT2D eigenvalue weighted by Gasteiger charge is -2.02. The molecule has 9 heteroatoms. The van der Waals surface area contributed by atoms with Gasteiger partial charge in [-0.05, 0) is 29.4 Å². The van der Waals surface area contributed by atoms with Crippen molar-refractivity contribution in [3.05, 3.63) is 27.6 Å². The molecule has 0 aliphatic carbocycles. The largest absolute Gasteiger partial charge is 0.451 e. The molecule has 0 saturated carbocycles. The normalized spacial score (nSPS) is 11.8. The highest BCUT2D eigenvalue weighted by molar-refractivity contribution is 9.10. The maximum absolute atomic E-state index is 12.3. The third kappa shape index (κ3) is 3.60. The van der Waals surface area contributed by atoms with Gasteiger partial charge in [0.25, 0.3) is 10.0 Å². The Bertz CT molecular complexity index is 694. The zero-order valence-electron chi connectivity index (χ0n) is 10.9. The predicted octanol–water partition coefficient (Wildman–Crippen LogP) is 2.72. The van der Waals surface area contributed by atoms with Gasteiger partial charge >= 0.3 is 0 Å². The van der Waals surface area contributed by atoms with Crippen molar-refractivity contribution in [2.75, 3.05) is 11.3 Å². The highest BCUT2D eigenvalue weighted by Crippen LogP contribution is 2.28. The first-order chi connectivity index (χ1) is 9.42. The lowest BCUT2D eigenvalue weighted by atomic mass is 10.4. The van der Waals surface area contributed by atoms with Gasteiger partial charge in [-0.15, -0.1) is 11.3 Å². The highest BCUT2D eigenvalue weighted by atomic mass is 79.9. The molecule has 0 saturated heterocycles. The molecule has 0 amide bonds. The van der Waals surface area contributed by atoms with Gasteiger partial charge in [0, 0.05) is 17.1 Å². The molecular weight excluding hydrogens is 366 g/mol. The SMILES string of the molecule is CCNCc1cc(S(=O)(=O)Nc2ncc(C)s2)c(Br)o1. The van der Waals surface area contributed by atoms with E-state index in [0.717, 1.165) is 11.4 Å². The second kappa shape index (κ2) is 6.25. The molecule has 0 fully saturated rings. The van der Waals surface area contributed by atoms with Crippen LogP contribution in [-0.2, 0) is 16.6 Å². The Balaban J connectivity index is 2.22. The van der Waals surface area contributed by atoms with Crippen molar-refractivity contribution in [1.29, 1.82) is 0 Å². The Morgan fingerprint density at radius 2 is 2.25 bits per heavy atom. The van der Waals surface area contributed by atoms with Crippen molar-refractivity contribution >= 4 is 42.4 Å². The van der Waals surface area contributed by atoms with E-state index in [2.05, 4.69) is 31.0 Å². The van der Waals surface area contributed by atoms with E-state index < -0.39 is 10.0 Å². The molecular formula is C11H14BrN3O3S2. The first-order valence-corrected chi connectivity index (χ1v) is 8.96. The van der Waals surface area contributed by atoms with Crippen molar-refractivity contribution in [3.8, 4) is 0 Å². The van der Waals surface area contributed by atoms with Crippen LogP contribution in [0.5, 0.6) is 0 Å². The third-order valence-corrected chi connectivity index (χ3v) is 5.54. The summed E-state index contributed by atoms with van der Waals surface area (Å²) in [4.78, 5) is 4.98. The molecule has 0 unspecified atom stereocenters. The van der Waals surface area contributed by atoms with E-state index in [-0.39, 0.29) is 9.56 Å². The maximum atomic E-state index is 12.3. The fourth-order valence-corrected chi connectivity index (χ4v) is 4.39. The predicted molar refractivity (Wildman–Crippen MR) is 81.4 cm³/mol. The first kappa shape index (κ1) is 15.5. The van der Waals surface area contributed by atoms with Crippen LogP contribution in [0, 0.1) is 6.92 Å². The molecule has 110 valence electrons. The van der Waals surface area contributed by atoms with Crippen LogP contribution in [0.3, 0.4) is 0 Å². The molecule has 2 N–H and O–H groups in total. The Labute approximate surface area is 129 Å². The number of nitrogens with one attached hydrogen (secondary N) is 2. The number of rotatable bonds is 6. The molecule has 6 nitrogen and oxygen atoms in total. The third-order valence-electron chi connectivity index (χ3n) is 2.39. The Kier molecular flexibility index (Phi) is 4.84. The van der Waals surface area contributed by atoms with Gasteiger partial charge in [-0.3, -0.25) is 4.72 Å². The fourth-order valence-electron chi connectivity index (χ4n) is 1.49. The molecule has 0 bridgehead atoms. The van der Waals surface area contributed by atoms with Crippen molar-refractivity contribution in [3.63, 3.8) is 0 Å². The van der Waals surface area contributed by atoms with Gasteiger partial charge in [-0.25, -0.2) is 13.4 Å². The van der Waals surface area contributed by atoms with Crippen LogP contribution in [0.15, 0.2) is 26.2 Å². The summed E-state index contributed by atoms with van der Waals surface area (Å²) in [6.07, 6.45) is 1.61. The standard InChI is InChI=1S/C11H14BrN3O3S2/c1-3-13-6-8-4-9(10(12)18-8)20(16,17)15-11-14-5-7(2)19-11/h4-5,13H,3,6H2,1-2H3,(H,14,15). The van der Waals surface area contributed by atoms with Crippen LogP contribution in [-0.4, -0.2) is 19.9 Å². The van der Waals surface area contributed by atoms with E-state index >= 15 is 0 Å². The summed E-state index contributed by atoms with van der Waals surface area (Å²) in [7, 11) is -3.71. The average molecular weight is 380 g/mol. The molecule has 2 aromatic heterocycles. The lowest BCUT2D eigenvalue weighted by Crippen LogP contribution is -2.13. The fraction of sp³-hybridized carbons (Fsp3) is 0.364. The van der Waals surface area contributed by atoms with Gasteiger partial charge in [0.15, 0.2) is 9.80 Å². The van der Waals surface area contributed by atoms with Crippen LogP contribution in [0.1, 0.15) is 17.6 Å². The number of sulfonamides is 1. The van der Waals surface area contributed by atoms with E-state index in [4.69, 9.17) is 4.42 Å². The van der Waals surface area contributed by atoms with Gasteiger partial charge in [0.2, 0.25) is 0 Å². The van der Waals surface area contributed by atoms with Gasteiger partial charge in [-0.1, -0.05) is 6.92 Å². The zero-order valence-corrected chi connectivity index (χ0v) is 14.2. The van der Waals surface area contributed by atoms with Gasteiger partial charge in [-0.2, -0.15) is 0 Å². The zero-order chi connectivity index (χ0) is 14.8. The number of hydrogen-bond donors (Lipinski definition) is 2. The van der Waals surface area contributed by atoms with E-state index in [0.29, 0.717) is 17.4 Å². The van der Waals surface area contributed by atoms with Crippen molar-refractivity contribution in [2.24, 2.45) is 0 Å². The van der Waals surface area contributed by atoms with Crippen molar-refractivity contribution < 1.29 is 12.8 Å². The van der Waals surface area contributed by atoms with Crippen LogP contribution in [0.2, 0.25) is 0 Å². The quantitative estimate of drug-likeness (QED) is 0.805. The van der Waals surface area contributed by atoms with Crippen LogP contribution in [0.25, 0.3) is 0 Å². The van der Waals surface area contributed by atoms with Gasteiger partial charge < -0.3 is 9.73 Å². The topological polar surface area (TPSA) is 84.2 Å². The molecule has 2 heterocycles. The summed E-state index contributed by atoms with van der Waals surface area (Å²) in [5, 5.41) is 3.41. The Hall–Kier alpha value is -0.900. The maximum Gasteiger partial charge on any atom is 0.268 e. The number of furan rings is 1. The molecule has 0 aromatic carbocycles. The number of halogens is 1. The number of aryl methyl sites for hydroxylation is 1. The monoisotopic (exact) mass is 379 g/mol. The molecule has 0 spiro atoms. The summed E-state index contributed by atoms with van der Waals surface area (Å²) in [5.74, 6) is 0.550. The molecule has 0 radical (unpaired) electrons. The number of hydrogen-bond acceptors (Lipinski definition) is 6. The number of anilines is 1. The smallest absolute Gasteiger partial charge is 0.268 e. The highest BCUT2D eigenvalue weighted by Gasteiger charge is 2.23. The summed E-state index contributed by atoms with van der Waals surface area (Å²) in [6, 6.07) is 1.50. The second-order valence-corrected chi connectivity index (χ2v) is 7.62. The second-order valence-electron chi connectivity index (χ2n) is 4.01. The van der Waals surface area contributed by atoms with Gasteiger partial charge in [0.1, 0.15) is 10.7 Å². The van der Waals surface area contributed by atoms with Crippen LogP contribution < -0.4 is 10.0 Å². The van der Waals surface area contributed by atoms with Crippen molar-refractivity contribution in [2.45, 2.75) is 25.3 Å². The molecule has 0 atom stereocenters. The number of aromatic nitrogens is 1. The van der Waals surface area contributed by atoms with Crippen LogP contribution in [0.4, 0.5) is 5.13 Å². The minimum Gasteiger partial charge on any atom is -0.451 e.